The third-order valence-corrected chi connectivity index (χ3v) is 6.58. The lowest BCUT2D eigenvalue weighted by atomic mass is 9.73. The van der Waals surface area contributed by atoms with Gasteiger partial charge in [-0.05, 0) is 36.1 Å². The van der Waals surface area contributed by atoms with Gasteiger partial charge in [-0.25, -0.2) is 9.97 Å². The van der Waals surface area contributed by atoms with Crippen molar-refractivity contribution in [2.45, 2.75) is 18.3 Å². The summed E-state index contributed by atoms with van der Waals surface area (Å²) in [6.45, 7) is 5.02. The van der Waals surface area contributed by atoms with Crippen molar-refractivity contribution in [2.75, 3.05) is 18.9 Å². The number of amides is 1. The van der Waals surface area contributed by atoms with Crippen LogP contribution in [-0.2, 0) is 14.9 Å². The van der Waals surface area contributed by atoms with Crippen LogP contribution in [0.2, 0.25) is 0 Å². The van der Waals surface area contributed by atoms with E-state index in [9.17, 15) is 4.79 Å². The van der Waals surface area contributed by atoms with Gasteiger partial charge in [-0.2, -0.15) is 0 Å². The predicted octanol–water partition coefficient (Wildman–Crippen LogP) is 3.45. The topological polar surface area (TPSA) is 129 Å². The van der Waals surface area contributed by atoms with Gasteiger partial charge in [0.15, 0.2) is 0 Å². The number of benzene rings is 1. The number of nitrogens with one attached hydrogen (secondary N) is 1. The van der Waals surface area contributed by atoms with Crippen molar-refractivity contribution in [1.82, 2.24) is 20.3 Å². The first-order valence-corrected chi connectivity index (χ1v) is 11.7. The molecule has 3 aromatic rings. The van der Waals surface area contributed by atoms with Gasteiger partial charge >= 0.3 is 0 Å². The Bertz CT molecular complexity index is 1170. The van der Waals surface area contributed by atoms with Gasteiger partial charge in [0.2, 0.25) is 11.9 Å². The molecule has 9 heteroatoms. The Morgan fingerprint density at radius 2 is 1.71 bits per heavy atom. The number of ether oxygens (including phenoxy) is 1. The fourth-order valence-electron chi connectivity index (χ4n) is 3.86. The zero-order valence-electron chi connectivity index (χ0n) is 18.6. The average molecular weight is 475 g/mol. The second-order valence-electron chi connectivity index (χ2n) is 7.91. The van der Waals surface area contributed by atoms with Crippen LogP contribution >= 0.6 is 11.8 Å². The van der Waals surface area contributed by atoms with Gasteiger partial charge in [0, 0.05) is 60.2 Å². The largest absolute Gasteiger partial charge is 0.398 e. The van der Waals surface area contributed by atoms with E-state index in [0.717, 1.165) is 22.3 Å². The van der Waals surface area contributed by atoms with E-state index in [2.05, 4.69) is 26.8 Å². The molecule has 0 unspecified atom stereocenters. The molecule has 8 nitrogen and oxygen atoms in total. The molecule has 2 aromatic heterocycles. The highest BCUT2D eigenvalue weighted by molar-refractivity contribution is 8.05. The van der Waals surface area contributed by atoms with E-state index >= 15 is 0 Å². The fraction of sp³-hybridized carbons (Fsp3) is 0.200. The van der Waals surface area contributed by atoms with Gasteiger partial charge < -0.3 is 21.5 Å². The molecule has 0 atom stereocenters. The molecule has 1 amide bonds. The van der Waals surface area contributed by atoms with Gasteiger partial charge in [-0.15, -0.1) is 0 Å². The molecule has 5 N–H and O–H groups in total. The molecule has 0 spiro atoms. The van der Waals surface area contributed by atoms with Crippen LogP contribution in [0.15, 0.2) is 78.2 Å². The van der Waals surface area contributed by atoms with Crippen molar-refractivity contribution in [3.63, 3.8) is 0 Å². The molecule has 1 aromatic carbocycles. The summed E-state index contributed by atoms with van der Waals surface area (Å²) in [5.74, 6) is 0.126. The van der Waals surface area contributed by atoms with E-state index in [-0.39, 0.29) is 11.9 Å². The molecule has 0 radical (unpaired) electrons. The Morgan fingerprint density at radius 3 is 2.35 bits per heavy atom. The molecule has 1 fully saturated rings. The number of hydrogen-bond donors (Lipinski definition) is 3. The minimum atomic E-state index is -0.710. The second kappa shape index (κ2) is 10.5. The lowest BCUT2D eigenvalue weighted by molar-refractivity contribution is -0.129. The summed E-state index contributed by atoms with van der Waals surface area (Å²) in [5, 5.41) is 5.24. The molecular weight excluding hydrogens is 448 g/mol. The fourth-order valence-corrected chi connectivity index (χ4v) is 4.42. The van der Waals surface area contributed by atoms with E-state index in [1.807, 2.05) is 36.4 Å². The van der Waals surface area contributed by atoms with Crippen LogP contribution in [0.1, 0.15) is 24.0 Å². The molecule has 4 rings (SSSR count). The molecule has 0 bridgehead atoms. The number of aromatic nitrogens is 3. The summed E-state index contributed by atoms with van der Waals surface area (Å²) in [4.78, 5) is 25.6. The molecule has 0 aliphatic carbocycles. The van der Waals surface area contributed by atoms with Crippen LogP contribution < -0.4 is 16.8 Å². The molecule has 3 heterocycles. The first kappa shape index (κ1) is 23.5. The van der Waals surface area contributed by atoms with Crippen LogP contribution in [0.4, 0.5) is 5.95 Å². The number of carbonyl (C=O) groups is 1. The lowest BCUT2D eigenvalue weighted by Gasteiger charge is -2.36. The second-order valence-corrected chi connectivity index (χ2v) is 8.87. The normalized spacial score (nSPS) is 15.5. The minimum absolute atomic E-state index is 0.104. The number of nitrogens with two attached hydrogens (primary N) is 2. The summed E-state index contributed by atoms with van der Waals surface area (Å²) >= 11 is 1.28. The summed E-state index contributed by atoms with van der Waals surface area (Å²) < 4.78 is 5.57. The van der Waals surface area contributed by atoms with Crippen LogP contribution in [0.3, 0.4) is 0 Å². The van der Waals surface area contributed by atoms with Gasteiger partial charge in [0.25, 0.3) is 0 Å². The first-order valence-electron chi connectivity index (χ1n) is 10.8. The van der Waals surface area contributed by atoms with Gasteiger partial charge in [-0.3, -0.25) is 9.78 Å². The Labute approximate surface area is 202 Å². The Morgan fingerprint density at radius 1 is 1.06 bits per heavy atom. The maximum Gasteiger partial charge on any atom is 0.235 e. The summed E-state index contributed by atoms with van der Waals surface area (Å²) in [5.41, 5.74) is 15.2. The number of nitrogens with zero attached hydrogens (tertiary/aromatic N) is 3. The van der Waals surface area contributed by atoms with E-state index < -0.39 is 5.41 Å². The number of thioether (sulfide) groups is 1. The number of anilines is 1. The van der Waals surface area contributed by atoms with Gasteiger partial charge in [-0.1, -0.05) is 42.6 Å². The molecule has 174 valence electrons. The summed E-state index contributed by atoms with van der Waals surface area (Å²) in [6, 6.07) is 11.5. The van der Waals surface area contributed by atoms with Crippen molar-refractivity contribution >= 4 is 29.3 Å². The van der Waals surface area contributed by atoms with Gasteiger partial charge in [0.05, 0.1) is 10.4 Å². The van der Waals surface area contributed by atoms with Crippen molar-refractivity contribution < 1.29 is 9.53 Å². The maximum atomic E-state index is 13.5. The highest BCUT2D eigenvalue weighted by Gasteiger charge is 2.41. The van der Waals surface area contributed by atoms with E-state index in [4.69, 9.17) is 16.2 Å². The number of rotatable bonds is 7. The summed E-state index contributed by atoms with van der Waals surface area (Å²) in [7, 11) is 0. The van der Waals surface area contributed by atoms with Crippen molar-refractivity contribution in [1.29, 1.82) is 0 Å². The zero-order chi connectivity index (χ0) is 24.0. The molecule has 1 aliphatic rings. The van der Waals surface area contributed by atoms with Gasteiger partial charge in [0.1, 0.15) is 0 Å². The zero-order valence-corrected chi connectivity index (χ0v) is 19.4. The molecule has 1 aliphatic heterocycles. The Balaban J connectivity index is 1.50. The van der Waals surface area contributed by atoms with E-state index in [0.29, 0.717) is 36.8 Å². The van der Waals surface area contributed by atoms with Crippen molar-refractivity contribution in [2.24, 2.45) is 5.73 Å². The maximum absolute atomic E-state index is 13.5. The van der Waals surface area contributed by atoms with Crippen LogP contribution in [0.25, 0.3) is 16.8 Å². The van der Waals surface area contributed by atoms with Crippen LogP contribution in [0, 0.1) is 0 Å². The van der Waals surface area contributed by atoms with E-state index in [1.54, 1.807) is 30.2 Å². The standard InChI is InChI=1S/C25H26N6O2S/c1-17(34-16-22(26)19-6-10-28-11-7-19)31-23(32)25(8-12-33-13-9-25)21-4-2-18(3-5-21)20-14-29-24(27)30-15-20/h2-7,10-11,14-16H,1,8-9,12-13,26H2,(H,31,32)(H2,27,29,30)/b22-16-. The SMILES string of the molecule is C=C(NC(=O)C1(c2ccc(-c3cnc(N)nc3)cc2)CCOCC1)S/C=C(\N)c1ccncc1. The Kier molecular flexibility index (Phi) is 7.24. The quantitative estimate of drug-likeness (QED) is 0.475. The van der Waals surface area contributed by atoms with Crippen LogP contribution in [0.5, 0.6) is 0 Å². The minimum Gasteiger partial charge on any atom is -0.398 e. The third-order valence-electron chi connectivity index (χ3n) is 5.82. The van der Waals surface area contributed by atoms with E-state index in [1.165, 1.54) is 11.8 Å². The average Bonchev–Trinajstić information content (AvgIpc) is 2.88. The predicted molar refractivity (Wildman–Crippen MR) is 135 cm³/mol. The highest BCUT2D eigenvalue weighted by atomic mass is 32.2. The van der Waals surface area contributed by atoms with Crippen LogP contribution in [-0.4, -0.2) is 34.1 Å². The number of carbonyl (C=O) groups excluding carboxylic acids is 1. The highest BCUT2D eigenvalue weighted by Crippen LogP contribution is 2.37. The smallest absolute Gasteiger partial charge is 0.235 e. The monoisotopic (exact) mass is 474 g/mol. The van der Waals surface area contributed by atoms with Crippen molar-refractivity contribution in [3.8, 4) is 11.1 Å². The van der Waals surface area contributed by atoms with Crippen molar-refractivity contribution in [3.05, 3.63) is 89.3 Å². The summed E-state index contributed by atoms with van der Waals surface area (Å²) in [6.07, 6.45) is 7.88. The number of hydrogen-bond acceptors (Lipinski definition) is 8. The number of pyridine rings is 1. The molecule has 1 saturated heterocycles. The Hall–Kier alpha value is -3.69. The first-order chi connectivity index (χ1) is 16.5. The molecule has 0 saturated carbocycles. The third kappa shape index (κ3) is 5.27. The lowest BCUT2D eigenvalue weighted by Crippen LogP contribution is -2.47. The molecule has 34 heavy (non-hydrogen) atoms. The molecular formula is C25H26N6O2S. The number of nitrogen functional groups attached to an aromatic ring is 1.